The van der Waals surface area contributed by atoms with Gasteiger partial charge in [-0.05, 0) is 43.0 Å². The van der Waals surface area contributed by atoms with Crippen molar-refractivity contribution in [1.82, 2.24) is 10.6 Å². The highest BCUT2D eigenvalue weighted by Crippen LogP contribution is 2.24. The van der Waals surface area contributed by atoms with Crippen LogP contribution in [0.4, 0.5) is 0 Å². The largest absolute Gasteiger partial charge is 0.383 e. The first kappa shape index (κ1) is 19.0. The van der Waals surface area contributed by atoms with Gasteiger partial charge in [0.1, 0.15) is 5.60 Å². The summed E-state index contributed by atoms with van der Waals surface area (Å²) in [5.74, 6) is 0.180. The quantitative estimate of drug-likeness (QED) is 0.447. The predicted molar refractivity (Wildman–Crippen MR) is 102 cm³/mol. The number of carbonyl (C=O) groups is 1. The molecule has 0 saturated heterocycles. The molecule has 1 aromatic carbocycles. The molecule has 0 fully saturated rings. The van der Waals surface area contributed by atoms with E-state index >= 15 is 0 Å². The minimum absolute atomic E-state index is 0.347. The van der Waals surface area contributed by atoms with Crippen LogP contribution in [0.25, 0.3) is 0 Å². The molecular formula is C18H24N4O2S. The number of carbonyl (C=O) groups excluding carboxylic acids is 1. The van der Waals surface area contributed by atoms with Crippen molar-refractivity contribution in [1.29, 1.82) is 0 Å². The van der Waals surface area contributed by atoms with Gasteiger partial charge in [-0.3, -0.25) is 4.79 Å². The molecular weight excluding hydrogens is 336 g/mol. The van der Waals surface area contributed by atoms with Crippen molar-refractivity contribution in [2.24, 2.45) is 10.7 Å². The van der Waals surface area contributed by atoms with E-state index < -0.39 is 11.5 Å². The molecule has 0 aliphatic heterocycles. The summed E-state index contributed by atoms with van der Waals surface area (Å²) < 4.78 is 0. The Hall–Kier alpha value is -2.38. The lowest BCUT2D eigenvalue weighted by molar-refractivity contribution is 0.0655. The van der Waals surface area contributed by atoms with E-state index in [1.807, 2.05) is 36.6 Å². The fourth-order valence-corrected chi connectivity index (χ4v) is 3.00. The Morgan fingerprint density at radius 2 is 2.00 bits per heavy atom. The van der Waals surface area contributed by atoms with E-state index in [9.17, 15) is 9.90 Å². The Balaban J connectivity index is 1.99. The standard InChI is InChI=1S/C18H24N4O2S/c1-3-20-17(22-12-18(2,24)15-5-4-10-25-15)21-11-13-6-8-14(9-7-13)16(19)23/h4-10,24H,3,11-12H2,1-2H3,(H2,19,23)(H2,20,21,22). The lowest BCUT2D eigenvalue weighted by Gasteiger charge is -2.23. The number of nitrogens with two attached hydrogens (primary N) is 1. The summed E-state index contributed by atoms with van der Waals surface area (Å²) in [6.07, 6.45) is 0. The second kappa shape index (κ2) is 8.64. The summed E-state index contributed by atoms with van der Waals surface area (Å²) >= 11 is 1.52. The van der Waals surface area contributed by atoms with Gasteiger partial charge in [0.05, 0.1) is 13.1 Å². The second-order valence-electron chi connectivity index (χ2n) is 5.86. The van der Waals surface area contributed by atoms with Crippen LogP contribution in [0.2, 0.25) is 0 Å². The molecule has 2 aromatic rings. The summed E-state index contributed by atoms with van der Waals surface area (Å²) in [6.45, 7) is 5.28. The van der Waals surface area contributed by atoms with Crippen LogP contribution < -0.4 is 16.4 Å². The Labute approximate surface area is 151 Å². The average molecular weight is 360 g/mol. The van der Waals surface area contributed by atoms with Gasteiger partial charge in [-0.15, -0.1) is 11.3 Å². The molecule has 0 aliphatic rings. The Morgan fingerprint density at radius 3 is 2.56 bits per heavy atom. The molecule has 0 radical (unpaired) electrons. The predicted octanol–water partition coefficient (Wildman–Crippen LogP) is 1.81. The number of benzene rings is 1. The number of primary amides is 1. The SMILES string of the molecule is CCNC(=NCc1ccc(C(N)=O)cc1)NCC(C)(O)c1cccs1. The molecule has 0 bridgehead atoms. The van der Waals surface area contributed by atoms with Crippen molar-refractivity contribution in [3.63, 3.8) is 0 Å². The molecule has 1 aromatic heterocycles. The van der Waals surface area contributed by atoms with E-state index in [-0.39, 0.29) is 0 Å². The van der Waals surface area contributed by atoms with Crippen LogP contribution in [0.15, 0.2) is 46.8 Å². The van der Waals surface area contributed by atoms with Crippen molar-refractivity contribution in [3.8, 4) is 0 Å². The average Bonchev–Trinajstić information content (AvgIpc) is 3.13. The molecule has 134 valence electrons. The van der Waals surface area contributed by atoms with E-state index in [2.05, 4.69) is 15.6 Å². The van der Waals surface area contributed by atoms with E-state index in [0.29, 0.717) is 31.2 Å². The van der Waals surface area contributed by atoms with E-state index in [0.717, 1.165) is 10.4 Å². The van der Waals surface area contributed by atoms with Crippen molar-refractivity contribution >= 4 is 23.2 Å². The van der Waals surface area contributed by atoms with Gasteiger partial charge < -0.3 is 21.5 Å². The van der Waals surface area contributed by atoms with Gasteiger partial charge >= 0.3 is 0 Å². The van der Waals surface area contributed by atoms with Crippen LogP contribution in [0.1, 0.15) is 34.6 Å². The Bertz CT molecular complexity index is 709. The monoisotopic (exact) mass is 360 g/mol. The van der Waals surface area contributed by atoms with E-state index in [1.165, 1.54) is 11.3 Å². The van der Waals surface area contributed by atoms with E-state index in [4.69, 9.17) is 5.73 Å². The molecule has 0 aliphatic carbocycles. The van der Waals surface area contributed by atoms with Crippen molar-refractivity contribution in [2.45, 2.75) is 26.0 Å². The van der Waals surface area contributed by atoms with Crippen LogP contribution >= 0.6 is 11.3 Å². The van der Waals surface area contributed by atoms with Crippen LogP contribution in [0.5, 0.6) is 0 Å². The maximum Gasteiger partial charge on any atom is 0.248 e. The third kappa shape index (κ3) is 5.58. The molecule has 5 N–H and O–H groups in total. The molecule has 1 amide bonds. The van der Waals surface area contributed by atoms with Crippen LogP contribution in [0.3, 0.4) is 0 Å². The molecule has 1 atom stereocenters. The maximum atomic E-state index is 11.1. The molecule has 1 heterocycles. The van der Waals surface area contributed by atoms with E-state index in [1.54, 1.807) is 19.1 Å². The van der Waals surface area contributed by atoms with Gasteiger partial charge in [0, 0.05) is 17.0 Å². The Kier molecular flexibility index (Phi) is 6.55. The molecule has 2 rings (SSSR count). The van der Waals surface area contributed by atoms with Crippen LogP contribution in [-0.4, -0.2) is 30.1 Å². The highest BCUT2D eigenvalue weighted by molar-refractivity contribution is 7.10. The maximum absolute atomic E-state index is 11.1. The summed E-state index contributed by atoms with van der Waals surface area (Å²) in [7, 11) is 0. The number of hydrogen-bond acceptors (Lipinski definition) is 4. The summed E-state index contributed by atoms with van der Waals surface area (Å²) in [5, 5.41) is 18.9. The summed E-state index contributed by atoms with van der Waals surface area (Å²) in [4.78, 5) is 16.5. The number of nitrogens with zero attached hydrogens (tertiary/aromatic N) is 1. The number of amides is 1. The van der Waals surface area contributed by atoms with Crippen LogP contribution in [-0.2, 0) is 12.1 Å². The molecule has 0 saturated carbocycles. The third-order valence-electron chi connectivity index (χ3n) is 3.65. The fraction of sp³-hybridized carbons (Fsp3) is 0.333. The number of guanidine groups is 1. The van der Waals surface area contributed by atoms with Crippen LogP contribution in [0, 0.1) is 0 Å². The summed E-state index contributed by atoms with van der Waals surface area (Å²) in [6, 6.07) is 10.9. The molecule has 0 spiro atoms. The fourth-order valence-electron chi connectivity index (χ4n) is 2.21. The van der Waals surface area contributed by atoms with Gasteiger partial charge in [0.15, 0.2) is 5.96 Å². The topological polar surface area (TPSA) is 99.7 Å². The highest BCUT2D eigenvalue weighted by Gasteiger charge is 2.24. The number of hydrogen-bond donors (Lipinski definition) is 4. The summed E-state index contributed by atoms with van der Waals surface area (Å²) in [5.41, 5.74) is 5.71. The molecule has 6 nitrogen and oxygen atoms in total. The first-order valence-corrected chi connectivity index (χ1v) is 8.97. The zero-order valence-electron chi connectivity index (χ0n) is 14.5. The highest BCUT2D eigenvalue weighted by atomic mass is 32.1. The zero-order chi connectivity index (χ0) is 18.3. The van der Waals surface area contributed by atoms with Gasteiger partial charge in [-0.25, -0.2) is 4.99 Å². The number of nitrogens with one attached hydrogen (secondary N) is 2. The minimum Gasteiger partial charge on any atom is -0.383 e. The lowest BCUT2D eigenvalue weighted by atomic mass is 10.1. The van der Waals surface area contributed by atoms with Gasteiger partial charge in [-0.1, -0.05) is 18.2 Å². The van der Waals surface area contributed by atoms with Crippen molar-refractivity contribution in [3.05, 3.63) is 57.8 Å². The third-order valence-corrected chi connectivity index (χ3v) is 4.78. The smallest absolute Gasteiger partial charge is 0.248 e. The Morgan fingerprint density at radius 1 is 1.28 bits per heavy atom. The first-order chi connectivity index (χ1) is 11.9. The number of thiophene rings is 1. The van der Waals surface area contributed by atoms with Gasteiger partial charge in [-0.2, -0.15) is 0 Å². The minimum atomic E-state index is -0.965. The van der Waals surface area contributed by atoms with Crippen molar-refractivity contribution in [2.75, 3.05) is 13.1 Å². The molecule has 1 unspecified atom stereocenters. The molecule has 25 heavy (non-hydrogen) atoms. The zero-order valence-corrected chi connectivity index (χ0v) is 15.3. The normalized spacial score (nSPS) is 14.0. The molecule has 7 heteroatoms. The van der Waals surface area contributed by atoms with Crippen molar-refractivity contribution < 1.29 is 9.90 Å². The van der Waals surface area contributed by atoms with Gasteiger partial charge in [0.25, 0.3) is 0 Å². The van der Waals surface area contributed by atoms with Gasteiger partial charge in [0.2, 0.25) is 5.91 Å². The lowest BCUT2D eigenvalue weighted by Crippen LogP contribution is -2.44. The number of rotatable bonds is 7. The number of aliphatic imine (C=N–C) groups is 1. The number of aliphatic hydroxyl groups is 1. The first-order valence-electron chi connectivity index (χ1n) is 8.09. The second-order valence-corrected chi connectivity index (χ2v) is 6.81.